The number of nitriles is 1. The van der Waals surface area contributed by atoms with Crippen molar-refractivity contribution in [2.45, 2.75) is 82.0 Å². The van der Waals surface area contributed by atoms with Gasteiger partial charge in [-0.3, -0.25) is 4.90 Å². The molecule has 3 atom stereocenters. The van der Waals surface area contributed by atoms with E-state index in [1.54, 1.807) is 17.8 Å². The van der Waals surface area contributed by atoms with E-state index in [2.05, 4.69) is 44.2 Å². The molecule has 5 fully saturated rings. The molecule has 0 aromatic carbocycles. The second-order valence-electron chi connectivity index (χ2n) is 13.9. The van der Waals surface area contributed by atoms with Crippen LogP contribution < -0.4 is 14.4 Å². The van der Waals surface area contributed by atoms with Crippen molar-refractivity contribution in [1.82, 2.24) is 24.5 Å². The van der Waals surface area contributed by atoms with Gasteiger partial charge in [0.05, 0.1) is 42.8 Å². The molecular weight excluding hydrogens is 590 g/mol. The predicted molar refractivity (Wildman–Crippen MR) is 178 cm³/mol. The van der Waals surface area contributed by atoms with Crippen molar-refractivity contribution in [3.8, 4) is 28.8 Å². The summed E-state index contributed by atoms with van der Waals surface area (Å²) < 4.78 is 19.7. The molecular formula is C37H43N7O3. The number of piperidine rings is 1. The van der Waals surface area contributed by atoms with Crippen molar-refractivity contribution < 1.29 is 14.2 Å². The first-order valence-electron chi connectivity index (χ1n) is 17.2. The lowest BCUT2D eigenvalue weighted by Gasteiger charge is -2.56. The fraction of sp³-hybridized carbons (Fsp3) is 0.514. The van der Waals surface area contributed by atoms with Gasteiger partial charge in [0.2, 0.25) is 5.88 Å². The zero-order chi connectivity index (χ0) is 31.8. The quantitative estimate of drug-likeness (QED) is 0.219. The Morgan fingerprint density at radius 3 is 2.66 bits per heavy atom. The van der Waals surface area contributed by atoms with Crippen LogP contribution in [0.5, 0.6) is 11.6 Å². The molecule has 0 amide bonds. The van der Waals surface area contributed by atoms with Gasteiger partial charge in [-0.25, -0.2) is 14.5 Å². The molecule has 0 radical (unpaired) electrons. The zero-order valence-electron chi connectivity index (χ0n) is 27.2. The Labute approximate surface area is 276 Å². The smallest absolute Gasteiger partial charge is 0.212 e. The van der Waals surface area contributed by atoms with Crippen molar-refractivity contribution in [3.63, 3.8) is 0 Å². The van der Waals surface area contributed by atoms with Gasteiger partial charge in [-0.05, 0) is 68.2 Å². The second-order valence-corrected chi connectivity index (χ2v) is 13.9. The molecule has 1 aliphatic carbocycles. The molecule has 10 nitrogen and oxygen atoms in total. The van der Waals surface area contributed by atoms with Crippen LogP contribution in [0.2, 0.25) is 0 Å². The molecule has 1 spiro atoms. The number of hydrogen-bond acceptors (Lipinski definition) is 9. The molecule has 4 aromatic rings. The summed E-state index contributed by atoms with van der Waals surface area (Å²) in [4.78, 5) is 14.3. The lowest BCUT2D eigenvalue weighted by atomic mass is 9.75. The van der Waals surface area contributed by atoms with Gasteiger partial charge in [-0.15, -0.1) is 0 Å². The average Bonchev–Trinajstić information content (AvgIpc) is 3.54. The third kappa shape index (κ3) is 6.03. The van der Waals surface area contributed by atoms with Gasteiger partial charge >= 0.3 is 0 Å². The van der Waals surface area contributed by atoms with Gasteiger partial charge in [-0.2, -0.15) is 10.4 Å². The van der Waals surface area contributed by atoms with Crippen molar-refractivity contribution in [2.24, 2.45) is 5.92 Å². The molecule has 2 bridgehead atoms. The van der Waals surface area contributed by atoms with Gasteiger partial charge in [0, 0.05) is 67.9 Å². The normalized spacial score (nSPS) is 23.7. The molecule has 9 rings (SSSR count). The van der Waals surface area contributed by atoms with E-state index in [1.807, 2.05) is 30.7 Å². The number of piperazine rings is 1. The van der Waals surface area contributed by atoms with Gasteiger partial charge in [0.1, 0.15) is 17.6 Å². The summed E-state index contributed by atoms with van der Waals surface area (Å²) >= 11 is 0. The monoisotopic (exact) mass is 633 g/mol. The third-order valence-corrected chi connectivity index (χ3v) is 11.0. The minimum Gasteiger partial charge on any atom is -0.492 e. The Balaban J connectivity index is 0.939. The number of anilines is 1. The van der Waals surface area contributed by atoms with Crippen LogP contribution in [0.4, 0.5) is 5.82 Å². The maximum Gasteiger partial charge on any atom is 0.212 e. The first kappa shape index (κ1) is 30.2. The number of fused-ring (bicyclic) bond motifs is 3. The van der Waals surface area contributed by atoms with Crippen molar-refractivity contribution in [1.29, 1.82) is 5.26 Å². The maximum atomic E-state index is 9.86. The predicted octanol–water partition coefficient (Wildman–Crippen LogP) is 6.03. The van der Waals surface area contributed by atoms with E-state index < -0.39 is 0 Å². The highest BCUT2D eigenvalue weighted by Crippen LogP contribution is 2.42. The highest BCUT2D eigenvalue weighted by atomic mass is 16.5. The van der Waals surface area contributed by atoms with Crippen LogP contribution in [0.3, 0.4) is 0 Å². The SMILES string of the molecule is COc1ccc(CN2C3CC2CN(c2ccc(-c4cc(OCCC5CCOC6(CCCCC6)C5)cn5ncc(C#N)c45)cn2)C3)cn1. The largest absolute Gasteiger partial charge is 0.492 e. The van der Waals surface area contributed by atoms with Crippen molar-refractivity contribution >= 4 is 11.3 Å². The van der Waals surface area contributed by atoms with Crippen LogP contribution in [-0.2, 0) is 11.3 Å². The van der Waals surface area contributed by atoms with E-state index in [9.17, 15) is 5.26 Å². The zero-order valence-corrected chi connectivity index (χ0v) is 27.2. The van der Waals surface area contributed by atoms with Gasteiger partial charge in [-0.1, -0.05) is 25.3 Å². The van der Waals surface area contributed by atoms with Crippen LogP contribution in [0.1, 0.15) is 68.9 Å². The number of aromatic nitrogens is 4. The summed E-state index contributed by atoms with van der Waals surface area (Å²) in [5.41, 5.74) is 4.49. The van der Waals surface area contributed by atoms with Crippen LogP contribution in [0.15, 0.2) is 55.1 Å². The van der Waals surface area contributed by atoms with Gasteiger partial charge < -0.3 is 19.1 Å². The first-order valence-corrected chi connectivity index (χ1v) is 17.2. The van der Waals surface area contributed by atoms with Crippen LogP contribution in [-0.4, -0.2) is 75.6 Å². The Kier molecular flexibility index (Phi) is 8.20. The van der Waals surface area contributed by atoms with Gasteiger partial charge in [0.15, 0.2) is 0 Å². The van der Waals surface area contributed by atoms with Crippen LogP contribution in [0.25, 0.3) is 16.6 Å². The fourth-order valence-corrected chi connectivity index (χ4v) is 8.44. The molecule has 5 aliphatic rings. The Bertz CT molecular complexity index is 1730. The highest BCUT2D eigenvalue weighted by Gasteiger charge is 2.44. The fourth-order valence-electron chi connectivity index (χ4n) is 8.44. The molecule has 0 N–H and O–H groups in total. The maximum absolute atomic E-state index is 9.86. The topological polar surface area (TPSA) is 101 Å². The summed E-state index contributed by atoms with van der Waals surface area (Å²) in [7, 11) is 1.64. The minimum absolute atomic E-state index is 0.109. The third-order valence-electron chi connectivity index (χ3n) is 11.0. The van der Waals surface area contributed by atoms with Crippen LogP contribution >= 0.6 is 0 Å². The van der Waals surface area contributed by atoms with E-state index in [0.717, 1.165) is 73.7 Å². The molecule has 47 heavy (non-hydrogen) atoms. The van der Waals surface area contributed by atoms with E-state index in [-0.39, 0.29) is 5.60 Å². The number of methoxy groups -OCH3 is 1. The molecule has 10 heteroatoms. The number of pyridine rings is 3. The van der Waals surface area contributed by atoms with E-state index in [0.29, 0.717) is 36.1 Å². The molecule has 1 saturated carbocycles. The Morgan fingerprint density at radius 1 is 1.04 bits per heavy atom. The number of nitrogens with zero attached hydrogens (tertiary/aromatic N) is 7. The lowest BCUT2D eigenvalue weighted by Crippen LogP contribution is -2.68. The standard InChI is InChI=1S/C37H43N7O3/c1-45-35-8-5-27(19-40-35)22-43-30-15-31(43)24-42(23-30)34-7-6-28(20-39-34)33-16-32(25-44-36(33)29(18-38)21-41-44)46-13-9-26-10-14-47-37(17-26)11-3-2-4-12-37/h5-8,16,19-21,25-26,30-31H,2-4,9-15,17,22-24H2,1H3. The summed E-state index contributed by atoms with van der Waals surface area (Å²) in [6, 6.07) is 13.6. The molecule has 4 aliphatic heterocycles. The Morgan fingerprint density at radius 2 is 1.91 bits per heavy atom. The van der Waals surface area contributed by atoms with E-state index >= 15 is 0 Å². The molecule has 4 saturated heterocycles. The van der Waals surface area contributed by atoms with Gasteiger partial charge in [0.25, 0.3) is 0 Å². The molecule has 244 valence electrons. The highest BCUT2D eigenvalue weighted by molar-refractivity contribution is 5.85. The number of rotatable bonds is 9. The number of hydrogen-bond donors (Lipinski definition) is 0. The van der Waals surface area contributed by atoms with Crippen molar-refractivity contribution in [3.05, 3.63) is 66.2 Å². The molecule has 8 heterocycles. The van der Waals surface area contributed by atoms with Crippen molar-refractivity contribution in [2.75, 3.05) is 38.3 Å². The average molecular weight is 634 g/mol. The molecule has 3 unspecified atom stereocenters. The number of ether oxygens (including phenoxy) is 3. The Hall–Kier alpha value is -4.20. The summed E-state index contributed by atoms with van der Waals surface area (Å²) in [5.74, 6) is 3.02. The first-order chi connectivity index (χ1) is 23.1. The second kappa shape index (κ2) is 12.8. The summed E-state index contributed by atoms with van der Waals surface area (Å²) in [6.07, 6.45) is 18.2. The van der Waals surface area contributed by atoms with E-state index in [1.165, 1.54) is 44.1 Å². The summed E-state index contributed by atoms with van der Waals surface area (Å²) in [5, 5.41) is 14.4. The minimum atomic E-state index is 0.109. The summed E-state index contributed by atoms with van der Waals surface area (Å²) in [6.45, 7) is 4.33. The van der Waals surface area contributed by atoms with Crippen LogP contribution in [0, 0.1) is 17.2 Å². The lowest BCUT2D eigenvalue weighted by molar-refractivity contribution is -0.119. The molecule has 4 aromatic heterocycles. The van der Waals surface area contributed by atoms with E-state index in [4.69, 9.17) is 19.2 Å².